The SMILES string of the molecule is O=C(O)C(CCCOc1ccccc1)(CCOc1ccccc1)C(=O)O. The maximum atomic E-state index is 11.7. The maximum absolute atomic E-state index is 11.7. The first-order valence-electron chi connectivity index (χ1n) is 8.37. The first kappa shape index (κ1) is 19.3. The van der Waals surface area contributed by atoms with Gasteiger partial charge in [-0.05, 0) is 37.1 Å². The molecule has 0 heterocycles. The Hall–Kier alpha value is -3.02. The molecule has 0 amide bonds. The molecule has 6 nitrogen and oxygen atoms in total. The number of benzene rings is 2. The van der Waals surface area contributed by atoms with E-state index in [9.17, 15) is 19.8 Å². The standard InChI is InChI=1S/C20H22O6/c21-18(22)20(19(23)24,13-15-26-17-10-5-2-6-11-17)12-7-14-25-16-8-3-1-4-9-16/h1-6,8-11H,7,12-15H2,(H,21,22)(H,23,24). The van der Waals surface area contributed by atoms with Gasteiger partial charge in [0.15, 0.2) is 5.41 Å². The summed E-state index contributed by atoms with van der Waals surface area (Å²) in [6.45, 7) is 0.244. The summed E-state index contributed by atoms with van der Waals surface area (Å²) in [5.41, 5.74) is -1.89. The molecule has 0 aliphatic heterocycles. The lowest BCUT2D eigenvalue weighted by atomic mass is 9.80. The summed E-state index contributed by atoms with van der Waals surface area (Å²) in [7, 11) is 0. The van der Waals surface area contributed by atoms with Crippen LogP contribution >= 0.6 is 0 Å². The maximum Gasteiger partial charge on any atom is 0.321 e. The van der Waals surface area contributed by atoms with E-state index >= 15 is 0 Å². The van der Waals surface area contributed by atoms with Gasteiger partial charge in [0.05, 0.1) is 13.2 Å². The van der Waals surface area contributed by atoms with Crippen molar-refractivity contribution in [2.45, 2.75) is 19.3 Å². The minimum Gasteiger partial charge on any atom is -0.494 e. The lowest BCUT2D eigenvalue weighted by Crippen LogP contribution is -2.41. The molecule has 2 aromatic rings. The lowest BCUT2D eigenvalue weighted by Gasteiger charge is -2.25. The van der Waals surface area contributed by atoms with Crippen molar-refractivity contribution in [3.8, 4) is 11.5 Å². The Labute approximate surface area is 152 Å². The van der Waals surface area contributed by atoms with Gasteiger partial charge in [0.1, 0.15) is 11.5 Å². The normalized spacial score (nSPS) is 10.9. The zero-order valence-electron chi connectivity index (χ0n) is 14.3. The van der Waals surface area contributed by atoms with Crippen molar-refractivity contribution in [1.82, 2.24) is 0 Å². The van der Waals surface area contributed by atoms with Crippen LogP contribution in [0.25, 0.3) is 0 Å². The number of carboxylic acid groups (broad SMARTS) is 2. The second kappa shape index (κ2) is 9.46. The molecule has 0 aliphatic rings. The topological polar surface area (TPSA) is 93.1 Å². The highest BCUT2D eigenvalue weighted by Crippen LogP contribution is 2.30. The molecule has 2 N–H and O–H groups in total. The van der Waals surface area contributed by atoms with Gasteiger partial charge in [-0.15, -0.1) is 0 Å². The molecule has 0 spiro atoms. The van der Waals surface area contributed by atoms with Crippen molar-refractivity contribution in [2.24, 2.45) is 5.41 Å². The lowest BCUT2D eigenvalue weighted by molar-refractivity contribution is -0.166. The third kappa shape index (κ3) is 5.24. The molecule has 0 bridgehead atoms. The molecule has 0 fully saturated rings. The molecule has 0 unspecified atom stereocenters. The molecule has 6 heteroatoms. The third-order valence-corrected chi connectivity index (χ3v) is 4.12. The summed E-state index contributed by atoms with van der Waals surface area (Å²) in [5, 5.41) is 19.1. The molecule has 0 aromatic heterocycles. The van der Waals surface area contributed by atoms with Crippen LogP contribution < -0.4 is 9.47 Å². The van der Waals surface area contributed by atoms with Gasteiger partial charge in [-0.1, -0.05) is 36.4 Å². The van der Waals surface area contributed by atoms with Gasteiger partial charge in [0.25, 0.3) is 0 Å². The third-order valence-electron chi connectivity index (χ3n) is 4.12. The Kier molecular flexibility index (Phi) is 7.02. The summed E-state index contributed by atoms with van der Waals surface area (Å²) < 4.78 is 11.0. The predicted octanol–water partition coefficient (Wildman–Crippen LogP) is 3.47. The average molecular weight is 358 g/mol. The average Bonchev–Trinajstić information content (AvgIpc) is 2.65. The first-order valence-corrected chi connectivity index (χ1v) is 8.37. The summed E-state index contributed by atoms with van der Waals surface area (Å²) in [6, 6.07) is 18.0. The second-order valence-electron chi connectivity index (χ2n) is 5.87. The minimum absolute atomic E-state index is 0.00214. The summed E-state index contributed by atoms with van der Waals surface area (Å²) >= 11 is 0. The van der Waals surface area contributed by atoms with Crippen molar-refractivity contribution in [3.05, 3.63) is 60.7 Å². The fourth-order valence-corrected chi connectivity index (χ4v) is 2.58. The zero-order valence-corrected chi connectivity index (χ0v) is 14.3. The van der Waals surface area contributed by atoms with E-state index in [4.69, 9.17) is 9.47 Å². The van der Waals surface area contributed by atoms with E-state index in [1.807, 2.05) is 24.3 Å². The van der Waals surface area contributed by atoms with E-state index in [1.54, 1.807) is 36.4 Å². The van der Waals surface area contributed by atoms with Crippen LogP contribution in [0.4, 0.5) is 0 Å². The molecule has 138 valence electrons. The number of para-hydroxylation sites is 2. The van der Waals surface area contributed by atoms with Crippen molar-refractivity contribution < 1.29 is 29.3 Å². The van der Waals surface area contributed by atoms with Crippen LogP contribution in [0.2, 0.25) is 0 Å². The van der Waals surface area contributed by atoms with Crippen molar-refractivity contribution in [1.29, 1.82) is 0 Å². The molecular formula is C20H22O6. The smallest absolute Gasteiger partial charge is 0.321 e. The number of hydrogen-bond acceptors (Lipinski definition) is 4. The van der Waals surface area contributed by atoms with E-state index in [0.29, 0.717) is 17.9 Å². The van der Waals surface area contributed by atoms with Crippen LogP contribution in [0.1, 0.15) is 19.3 Å². The second-order valence-corrected chi connectivity index (χ2v) is 5.87. The van der Waals surface area contributed by atoms with Crippen LogP contribution in [-0.2, 0) is 9.59 Å². The van der Waals surface area contributed by atoms with Crippen LogP contribution in [0.5, 0.6) is 11.5 Å². The van der Waals surface area contributed by atoms with Crippen molar-refractivity contribution in [3.63, 3.8) is 0 Å². The van der Waals surface area contributed by atoms with Gasteiger partial charge in [0, 0.05) is 6.42 Å². The predicted molar refractivity (Wildman–Crippen MR) is 95.4 cm³/mol. The number of ether oxygens (including phenoxy) is 2. The summed E-state index contributed by atoms with van der Waals surface area (Å²) in [5.74, 6) is -1.48. The van der Waals surface area contributed by atoms with E-state index in [0.717, 1.165) is 0 Å². The summed E-state index contributed by atoms with van der Waals surface area (Å²) in [4.78, 5) is 23.4. The molecule has 0 aliphatic carbocycles. The van der Waals surface area contributed by atoms with E-state index < -0.39 is 17.4 Å². The molecule has 2 rings (SSSR count). The van der Waals surface area contributed by atoms with Gasteiger partial charge in [-0.3, -0.25) is 9.59 Å². The van der Waals surface area contributed by atoms with E-state index in [2.05, 4.69) is 0 Å². The highest BCUT2D eigenvalue weighted by molar-refractivity contribution is 5.98. The van der Waals surface area contributed by atoms with Gasteiger partial charge in [-0.25, -0.2) is 0 Å². The molecule has 0 radical (unpaired) electrons. The molecular weight excluding hydrogens is 336 g/mol. The fourth-order valence-electron chi connectivity index (χ4n) is 2.58. The number of hydrogen-bond donors (Lipinski definition) is 2. The van der Waals surface area contributed by atoms with Gasteiger partial charge in [0.2, 0.25) is 0 Å². The first-order chi connectivity index (χ1) is 12.5. The number of aliphatic carboxylic acids is 2. The van der Waals surface area contributed by atoms with Gasteiger partial charge >= 0.3 is 11.9 Å². The summed E-state index contributed by atoms with van der Waals surface area (Å²) in [6.07, 6.45) is 0.138. The Bertz CT molecular complexity index is 685. The van der Waals surface area contributed by atoms with Crippen molar-refractivity contribution >= 4 is 11.9 Å². The van der Waals surface area contributed by atoms with E-state index in [1.165, 1.54) is 0 Å². The van der Waals surface area contributed by atoms with E-state index in [-0.39, 0.29) is 26.1 Å². The fraction of sp³-hybridized carbons (Fsp3) is 0.300. The highest BCUT2D eigenvalue weighted by atomic mass is 16.5. The molecule has 0 atom stereocenters. The molecule has 26 heavy (non-hydrogen) atoms. The van der Waals surface area contributed by atoms with Crippen LogP contribution in [0.3, 0.4) is 0 Å². The van der Waals surface area contributed by atoms with Gasteiger partial charge in [-0.2, -0.15) is 0 Å². The van der Waals surface area contributed by atoms with Crippen LogP contribution in [0.15, 0.2) is 60.7 Å². The quantitative estimate of drug-likeness (QED) is 0.472. The monoisotopic (exact) mass is 358 g/mol. The number of rotatable bonds is 11. The van der Waals surface area contributed by atoms with Crippen molar-refractivity contribution in [2.75, 3.05) is 13.2 Å². The van der Waals surface area contributed by atoms with Crippen LogP contribution in [0, 0.1) is 5.41 Å². The molecule has 0 saturated carbocycles. The van der Waals surface area contributed by atoms with Crippen LogP contribution in [-0.4, -0.2) is 35.4 Å². The Morgan fingerprint density at radius 3 is 1.65 bits per heavy atom. The number of carbonyl (C=O) groups is 2. The highest BCUT2D eigenvalue weighted by Gasteiger charge is 2.45. The van der Waals surface area contributed by atoms with Gasteiger partial charge < -0.3 is 19.7 Å². The molecule has 0 saturated heterocycles. The Balaban J connectivity index is 1.91. The number of carboxylic acids is 2. The Morgan fingerprint density at radius 2 is 1.19 bits per heavy atom. The zero-order chi connectivity index (χ0) is 18.8. The largest absolute Gasteiger partial charge is 0.494 e. The minimum atomic E-state index is -1.89. The molecule has 2 aromatic carbocycles. The Morgan fingerprint density at radius 1 is 0.731 bits per heavy atom.